The lowest BCUT2D eigenvalue weighted by Crippen LogP contribution is -2.42. The number of aromatic carboxylic acids is 1. The third kappa shape index (κ3) is 2.91. The second kappa shape index (κ2) is 4.40. The molecule has 2 heterocycles. The number of hydrogen-bond donors (Lipinski definition) is 2. The Hall–Kier alpha value is -1.34. The van der Waals surface area contributed by atoms with Gasteiger partial charge in [0.2, 0.25) is 5.76 Å². The summed E-state index contributed by atoms with van der Waals surface area (Å²) in [5.74, 6) is -0.452. The highest BCUT2D eigenvalue weighted by Crippen LogP contribution is 2.23. The molecule has 0 saturated carbocycles. The molecule has 1 aliphatic heterocycles. The topological polar surface area (TPSA) is 96.6 Å². The van der Waals surface area contributed by atoms with Gasteiger partial charge in [-0.05, 0) is 25.5 Å². The van der Waals surface area contributed by atoms with Crippen LogP contribution in [0.4, 0.5) is 0 Å². The fourth-order valence-corrected chi connectivity index (χ4v) is 4.16. The summed E-state index contributed by atoms with van der Waals surface area (Å²) in [7, 11) is -2.95. The minimum Gasteiger partial charge on any atom is -0.475 e. The zero-order chi connectivity index (χ0) is 13.4. The van der Waals surface area contributed by atoms with Crippen LogP contribution in [0.15, 0.2) is 16.5 Å². The number of furan rings is 1. The van der Waals surface area contributed by atoms with E-state index in [0.29, 0.717) is 18.7 Å². The van der Waals surface area contributed by atoms with E-state index in [4.69, 9.17) is 9.52 Å². The number of carbonyl (C=O) groups is 1. The van der Waals surface area contributed by atoms with Crippen molar-refractivity contribution in [2.75, 3.05) is 11.5 Å². The fourth-order valence-electron chi connectivity index (χ4n) is 2.04. The lowest BCUT2D eigenvalue weighted by atomic mass is 10.0. The maximum atomic E-state index is 11.4. The number of carboxylic acids is 1. The predicted molar refractivity (Wildman–Crippen MR) is 64.2 cm³/mol. The first-order valence-corrected chi connectivity index (χ1v) is 7.39. The van der Waals surface area contributed by atoms with E-state index < -0.39 is 21.3 Å². The number of carboxylic acid groups (broad SMARTS) is 1. The van der Waals surface area contributed by atoms with Gasteiger partial charge in [-0.2, -0.15) is 0 Å². The largest absolute Gasteiger partial charge is 0.475 e. The summed E-state index contributed by atoms with van der Waals surface area (Å²) in [6.07, 6.45) is 0.557. The summed E-state index contributed by atoms with van der Waals surface area (Å²) in [6.45, 7) is 2.16. The highest BCUT2D eigenvalue weighted by Gasteiger charge is 2.37. The molecule has 0 aromatic carbocycles. The molecule has 1 atom stereocenters. The minimum absolute atomic E-state index is 0.104. The molecule has 0 radical (unpaired) electrons. The molecule has 6 nitrogen and oxygen atoms in total. The average molecular weight is 273 g/mol. The van der Waals surface area contributed by atoms with Gasteiger partial charge >= 0.3 is 5.97 Å². The molecule has 1 aliphatic rings. The summed E-state index contributed by atoms with van der Waals surface area (Å²) in [6, 6.07) is 2.95. The molecule has 1 fully saturated rings. The number of rotatable bonds is 4. The van der Waals surface area contributed by atoms with Crippen molar-refractivity contribution in [3.63, 3.8) is 0 Å². The van der Waals surface area contributed by atoms with E-state index in [1.165, 1.54) is 6.07 Å². The number of sulfone groups is 1. The monoisotopic (exact) mass is 273 g/mol. The highest BCUT2D eigenvalue weighted by atomic mass is 32.2. The second-order valence-corrected chi connectivity index (χ2v) is 7.01. The number of nitrogens with one attached hydrogen (secondary N) is 1. The summed E-state index contributed by atoms with van der Waals surface area (Å²) in [5.41, 5.74) is -0.463. The van der Waals surface area contributed by atoms with E-state index >= 15 is 0 Å². The Morgan fingerprint density at radius 2 is 2.28 bits per heavy atom. The van der Waals surface area contributed by atoms with Gasteiger partial charge in [-0.3, -0.25) is 0 Å². The predicted octanol–water partition coefficient (Wildman–Crippen LogP) is 0.645. The molecule has 1 aromatic rings. The van der Waals surface area contributed by atoms with Crippen LogP contribution in [0, 0.1) is 0 Å². The van der Waals surface area contributed by atoms with E-state index in [-0.39, 0.29) is 17.3 Å². The van der Waals surface area contributed by atoms with Gasteiger partial charge in [-0.1, -0.05) is 0 Å². The molecule has 18 heavy (non-hydrogen) atoms. The summed E-state index contributed by atoms with van der Waals surface area (Å²) in [5, 5.41) is 11.8. The molecule has 0 aliphatic carbocycles. The SMILES string of the molecule is CC1(NCc2ccc(C(=O)O)o2)CCS(=O)(=O)C1. The molecule has 0 amide bonds. The Bertz CT molecular complexity index is 562. The van der Waals surface area contributed by atoms with Gasteiger partial charge in [0.1, 0.15) is 5.76 Å². The van der Waals surface area contributed by atoms with Crippen molar-refractivity contribution >= 4 is 15.8 Å². The fraction of sp³-hybridized carbons (Fsp3) is 0.545. The molecule has 1 unspecified atom stereocenters. The van der Waals surface area contributed by atoms with Gasteiger partial charge in [-0.15, -0.1) is 0 Å². The third-order valence-corrected chi connectivity index (χ3v) is 4.97. The summed E-state index contributed by atoms with van der Waals surface area (Å²) >= 11 is 0. The van der Waals surface area contributed by atoms with Crippen molar-refractivity contribution in [3.8, 4) is 0 Å². The molecule has 1 aromatic heterocycles. The van der Waals surface area contributed by atoms with Crippen LogP contribution in [-0.4, -0.2) is 36.5 Å². The zero-order valence-electron chi connectivity index (χ0n) is 9.97. The first-order chi connectivity index (χ1) is 8.30. The highest BCUT2D eigenvalue weighted by molar-refractivity contribution is 7.91. The van der Waals surface area contributed by atoms with Crippen molar-refractivity contribution in [1.82, 2.24) is 5.32 Å². The van der Waals surface area contributed by atoms with Crippen LogP contribution in [0.5, 0.6) is 0 Å². The van der Waals surface area contributed by atoms with Gasteiger partial charge in [0.05, 0.1) is 18.1 Å². The van der Waals surface area contributed by atoms with Crippen molar-refractivity contribution in [2.24, 2.45) is 0 Å². The van der Waals surface area contributed by atoms with E-state index in [9.17, 15) is 13.2 Å². The maximum absolute atomic E-state index is 11.4. The summed E-state index contributed by atoms with van der Waals surface area (Å²) < 4.78 is 27.9. The lowest BCUT2D eigenvalue weighted by Gasteiger charge is -2.23. The lowest BCUT2D eigenvalue weighted by molar-refractivity contribution is 0.0660. The van der Waals surface area contributed by atoms with Crippen LogP contribution < -0.4 is 5.32 Å². The van der Waals surface area contributed by atoms with Gasteiger partial charge in [0, 0.05) is 5.54 Å². The van der Waals surface area contributed by atoms with Gasteiger partial charge in [0.15, 0.2) is 9.84 Å². The third-order valence-electron chi connectivity index (χ3n) is 3.07. The van der Waals surface area contributed by atoms with Crippen LogP contribution in [0.3, 0.4) is 0 Å². The molecule has 0 spiro atoms. The van der Waals surface area contributed by atoms with E-state index in [1.807, 2.05) is 6.92 Å². The first-order valence-electron chi connectivity index (χ1n) is 5.57. The van der Waals surface area contributed by atoms with Crippen LogP contribution >= 0.6 is 0 Å². The normalized spacial score (nSPS) is 26.3. The van der Waals surface area contributed by atoms with E-state index in [1.54, 1.807) is 6.07 Å². The van der Waals surface area contributed by atoms with Crippen LogP contribution in [0.1, 0.15) is 29.7 Å². The summed E-state index contributed by atoms with van der Waals surface area (Å²) in [4.78, 5) is 10.6. The Balaban J connectivity index is 1.97. The molecule has 100 valence electrons. The van der Waals surface area contributed by atoms with Crippen LogP contribution in [0.25, 0.3) is 0 Å². The van der Waals surface area contributed by atoms with Crippen molar-refractivity contribution in [1.29, 1.82) is 0 Å². The quantitative estimate of drug-likeness (QED) is 0.836. The molecule has 7 heteroatoms. The molecular weight excluding hydrogens is 258 g/mol. The Kier molecular flexibility index (Phi) is 3.20. The Morgan fingerprint density at radius 3 is 2.78 bits per heavy atom. The maximum Gasteiger partial charge on any atom is 0.371 e. The smallest absolute Gasteiger partial charge is 0.371 e. The van der Waals surface area contributed by atoms with Gasteiger partial charge in [0.25, 0.3) is 0 Å². The second-order valence-electron chi connectivity index (χ2n) is 4.83. The van der Waals surface area contributed by atoms with Crippen LogP contribution in [-0.2, 0) is 16.4 Å². The Labute approximate surface area is 105 Å². The Morgan fingerprint density at radius 1 is 1.56 bits per heavy atom. The molecule has 0 bridgehead atoms. The molecule has 1 saturated heterocycles. The first kappa shape index (κ1) is 13.1. The van der Waals surface area contributed by atoms with Crippen molar-refractivity contribution in [3.05, 3.63) is 23.7 Å². The number of hydrogen-bond acceptors (Lipinski definition) is 5. The molecular formula is C11H15NO5S. The van der Waals surface area contributed by atoms with Gasteiger partial charge in [-0.25, -0.2) is 13.2 Å². The average Bonchev–Trinajstić information content (AvgIpc) is 2.81. The van der Waals surface area contributed by atoms with Crippen molar-refractivity contribution < 1.29 is 22.7 Å². The zero-order valence-corrected chi connectivity index (χ0v) is 10.8. The van der Waals surface area contributed by atoms with E-state index in [2.05, 4.69) is 5.32 Å². The molecule has 2 rings (SSSR count). The van der Waals surface area contributed by atoms with Gasteiger partial charge < -0.3 is 14.8 Å². The van der Waals surface area contributed by atoms with Crippen LogP contribution in [0.2, 0.25) is 0 Å². The van der Waals surface area contributed by atoms with E-state index in [0.717, 1.165) is 0 Å². The molecule has 2 N–H and O–H groups in total. The standard InChI is InChI=1S/C11H15NO5S/c1-11(4-5-18(15,16)7-11)12-6-8-2-3-9(17-8)10(13)14/h2-3,12H,4-7H2,1H3,(H,13,14). The minimum atomic E-state index is -2.95. The van der Waals surface area contributed by atoms with Crippen molar-refractivity contribution in [2.45, 2.75) is 25.4 Å².